The molecule has 3 aromatic heterocycles. The summed E-state index contributed by atoms with van der Waals surface area (Å²) >= 11 is 0. The number of benzene rings is 8. The quantitative estimate of drug-likeness (QED) is 0.174. The minimum Gasteiger partial charge on any atom is -0.456 e. The molecule has 0 saturated heterocycles. The molecule has 54 heavy (non-hydrogen) atoms. The van der Waals surface area contributed by atoms with E-state index in [2.05, 4.69) is 155 Å². The summed E-state index contributed by atoms with van der Waals surface area (Å²) < 4.78 is 15.2. The lowest BCUT2D eigenvalue weighted by Crippen LogP contribution is -2.10. The van der Waals surface area contributed by atoms with Crippen molar-refractivity contribution >= 4 is 71.9 Å². The van der Waals surface area contributed by atoms with Crippen LogP contribution in [0.15, 0.2) is 197 Å². The zero-order valence-corrected chi connectivity index (χ0v) is 29.1. The number of fused-ring (bicyclic) bond motifs is 8. The fraction of sp³-hybridized carbons (Fsp3) is 0. The number of anilines is 3. The summed E-state index contributed by atoms with van der Waals surface area (Å²) in [5.74, 6) is 0.595. The third-order valence-electron chi connectivity index (χ3n) is 10.4. The van der Waals surface area contributed by atoms with Crippen LogP contribution < -0.4 is 4.90 Å². The molecule has 0 atom stereocenters. The predicted molar refractivity (Wildman–Crippen MR) is 221 cm³/mol. The van der Waals surface area contributed by atoms with Crippen LogP contribution in [0.1, 0.15) is 0 Å². The number of furan rings is 1. The van der Waals surface area contributed by atoms with E-state index in [-0.39, 0.29) is 0 Å². The number of para-hydroxylation sites is 2. The van der Waals surface area contributed by atoms with Crippen LogP contribution in [0.5, 0.6) is 0 Å². The van der Waals surface area contributed by atoms with E-state index >= 15 is 0 Å². The second-order valence-electron chi connectivity index (χ2n) is 13.6. The van der Waals surface area contributed by atoms with Crippen LogP contribution in [0.3, 0.4) is 0 Å². The molecule has 0 radical (unpaired) electrons. The summed E-state index contributed by atoms with van der Waals surface area (Å²) in [4.78, 5) is 7.29. The second-order valence-corrected chi connectivity index (χ2v) is 13.6. The SMILES string of the molecule is c1ccc(-c2cccc(N(c3ccc4c(c3)oc3ccc5oc(-c6ccccc6)nc5c34)c3ccc4c(c3)c3ccccc3n4-c3ccccc3)c2)cc1. The van der Waals surface area contributed by atoms with Crippen molar-refractivity contribution in [2.45, 2.75) is 0 Å². The molecule has 254 valence electrons. The Morgan fingerprint density at radius 1 is 0.407 bits per heavy atom. The number of rotatable bonds is 6. The summed E-state index contributed by atoms with van der Waals surface area (Å²) in [6, 6.07) is 65.7. The van der Waals surface area contributed by atoms with E-state index in [0.29, 0.717) is 5.89 Å². The molecular weight excluding hydrogens is 663 g/mol. The number of nitrogens with zero attached hydrogens (tertiary/aromatic N) is 3. The summed E-state index contributed by atoms with van der Waals surface area (Å²) in [6.45, 7) is 0. The normalized spacial score (nSPS) is 11.7. The van der Waals surface area contributed by atoms with E-state index in [4.69, 9.17) is 13.8 Å². The van der Waals surface area contributed by atoms with Gasteiger partial charge in [0.25, 0.3) is 0 Å². The molecule has 5 heteroatoms. The van der Waals surface area contributed by atoms with Crippen LogP contribution in [0.4, 0.5) is 17.1 Å². The van der Waals surface area contributed by atoms with E-state index in [0.717, 1.165) is 72.4 Å². The smallest absolute Gasteiger partial charge is 0.227 e. The van der Waals surface area contributed by atoms with Crippen LogP contribution in [0.25, 0.3) is 83.1 Å². The Kier molecular flexibility index (Phi) is 6.79. The van der Waals surface area contributed by atoms with Crippen molar-refractivity contribution in [3.8, 4) is 28.3 Å². The average Bonchev–Trinajstić information content (AvgIpc) is 3.94. The van der Waals surface area contributed by atoms with Gasteiger partial charge in [-0.1, -0.05) is 97.1 Å². The first-order valence-corrected chi connectivity index (χ1v) is 18.1. The maximum Gasteiger partial charge on any atom is 0.227 e. The van der Waals surface area contributed by atoms with Crippen LogP contribution in [0, 0.1) is 0 Å². The highest BCUT2D eigenvalue weighted by atomic mass is 16.4. The Morgan fingerprint density at radius 2 is 1.06 bits per heavy atom. The van der Waals surface area contributed by atoms with Gasteiger partial charge >= 0.3 is 0 Å². The molecule has 11 rings (SSSR count). The van der Waals surface area contributed by atoms with Crippen molar-refractivity contribution in [3.63, 3.8) is 0 Å². The maximum absolute atomic E-state index is 6.60. The molecule has 0 N–H and O–H groups in total. The summed E-state index contributed by atoms with van der Waals surface area (Å²) in [7, 11) is 0. The lowest BCUT2D eigenvalue weighted by atomic mass is 10.0. The molecule has 0 amide bonds. The van der Waals surface area contributed by atoms with E-state index in [1.165, 1.54) is 21.9 Å². The van der Waals surface area contributed by atoms with E-state index in [1.54, 1.807) is 0 Å². The second kappa shape index (κ2) is 12.1. The Morgan fingerprint density at radius 3 is 1.89 bits per heavy atom. The van der Waals surface area contributed by atoms with E-state index < -0.39 is 0 Å². The van der Waals surface area contributed by atoms with Gasteiger partial charge in [0.15, 0.2) is 5.58 Å². The van der Waals surface area contributed by atoms with Gasteiger partial charge in [0.1, 0.15) is 16.7 Å². The van der Waals surface area contributed by atoms with Crippen molar-refractivity contribution in [1.29, 1.82) is 0 Å². The summed E-state index contributed by atoms with van der Waals surface area (Å²) in [5.41, 5.74) is 12.9. The molecule has 5 nitrogen and oxygen atoms in total. The molecular formula is C49H31N3O2. The molecule has 0 aliphatic carbocycles. The maximum atomic E-state index is 6.60. The first-order chi connectivity index (χ1) is 26.8. The van der Waals surface area contributed by atoms with Crippen molar-refractivity contribution in [1.82, 2.24) is 9.55 Å². The van der Waals surface area contributed by atoms with Crippen molar-refractivity contribution < 1.29 is 8.83 Å². The molecule has 0 aliphatic rings. The third kappa shape index (κ3) is 4.83. The first kappa shape index (κ1) is 30.3. The molecule has 0 spiro atoms. The minimum absolute atomic E-state index is 0.595. The zero-order chi connectivity index (χ0) is 35.6. The van der Waals surface area contributed by atoms with Gasteiger partial charge in [-0.2, -0.15) is 0 Å². The topological polar surface area (TPSA) is 47.3 Å². The third-order valence-corrected chi connectivity index (χ3v) is 10.4. The molecule has 8 aromatic carbocycles. The van der Waals surface area contributed by atoms with E-state index in [9.17, 15) is 0 Å². The Labute approximate surface area is 310 Å². The highest BCUT2D eigenvalue weighted by Crippen LogP contribution is 2.43. The molecule has 0 aliphatic heterocycles. The van der Waals surface area contributed by atoms with Crippen LogP contribution in [0.2, 0.25) is 0 Å². The highest BCUT2D eigenvalue weighted by Gasteiger charge is 2.21. The molecule has 0 fully saturated rings. The van der Waals surface area contributed by atoms with E-state index in [1.807, 2.05) is 42.5 Å². The largest absolute Gasteiger partial charge is 0.456 e. The Bertz CT molecular complexity index is 3160. The van der Waals surface area contributed by atoms with Gasteiger partial charge < -0.3 is 18.3 Å². The first-order valence-electron chi connectivity index (χ1n) is 18.1. The zero-order valence-electron chi connectivity index (χ0n) is 29.1. The van der Waals surface area contributed by atoms with Gasteiger partial charge in [-0.15, -0.1) is 0 Å². The van der Waals surface area contributed by atoms with Gasteiger partial charge in [-0.25, -0.2) is 4.98 Å². The fourth-order valence-corrected chi connectivity index (χ4v) is 7.94. The summed E-state index contributed by atoms with van der Waals surface area (Å²) in [6.07, 6.45) is 0. The van der Waals surface area contributed by atoms with Gasteiger partial charge in [0, 0.05) is 50.5 Å². The minimum atomic E-state index is 0.595. The van der Waals surface area contributed by atoms with Crippen molar-refractivity contribution in [3.05, 3.63) is 188 Å². The molecule has 0 unspecified atom stereocenters. The van der Waals surface area contributed by atoms with Gasteiger partial charge in [0.05, 0.1) is 16.4 Å². The number of oxazole rings is 1. The van der Waals surface area contributed by atoms with Gasteiger partial charge in [0.2, 0.25) is 5.89 Å². The molecule has 11 aromatic rings. The van der Waals surface area contributed by atoms with Gasteiger partial charge in [-0.3, -0.25) is 0 Å². The Hall–Kier alpha value is -7.37. The average molecular weight is 694 g/mol. The lowest BCUT2D eigenvalue weighted by molar-refractivity contribution is 0.619. The van der Waals surface area contributed by atoms with Crippen LogP contribution >= 0.6 is 0 Å². The van der Waals surface area contributed by atoms with Crippen molar-refractivity contribution in [2.75, 3.05) is 4.90 Å². The molecule has 0 saturated carbocycles. The van der Waals surface area contributed by atoms with Crippen LogP contribution in [-0.4, -0.2) is 9.55 Å². The number of hydrogen-bond donors (Lipinski definition) is 0. The monoisotopic (exact) mass is 693 g/mol. The van der Waals surface area contributed by atoms with Crippen molar-refractivity contribution in [2.24, 2.45) is 0 Å². The Balaban J connectivity index is 1.12. The number of aromatic nitrogens is 2. The molecule has 3 heterocycles. The molecule has 0 bridgehead atoms. The summed E-state index contributed by atoms with van der Waals surface area (Å²) in [5, 5.41) is 4.33. The highest BCUT2D eigenvalue weighted by molar-refractivity contribution is 6.17. The predicted octanol–water partition coefficient (Wildman–Crippen LogP) is 13.6. The number of hydrogen-bond acceptors (Lipinski definition) is 4. The lowest BCUT2D eigenvalue weighted by Gasteiger charge is -2.26. The standard InChI is InChI=1S/C49H31N3O2/c1-4-13-32(14-5-1)34-17-12-20-36(29-34)51(37-24-26-43-41(30-37)39-21-10-11-22-42(39)52(43)35-18-8-3-9-19-35)38-23-25-40-46(31-38)53-44-27-28-45-48(47(40)44)50-49(54-45)33-15-6-2-7-16-33/h1-31H. The van der Waals surface area contributed by atoms with Crippen LogP contribution in [-0.2, 0) is 0 Å². The van der Waals surface area contributed by atoms with Gasteiger partial charge in [-0.05, 0) is 96.1 Å². The fourth-order valence-electron chi connectivity index (χ4n) is 7.94.